The van der Waals surface area contributed by atoms with Crippen molar-refractivity contribution < 1.29 is 9.72 Å². The molecule has 1 atom stereocenters. The van der Waals surface area contributed by atoms with Gasteiger partial charge in [0.2, 0.25) is 5.91 Å². The van der Waals surface area contributed by atoms with Crippen LogP contribution in [0.15, 0.2) is 114 Å². The number of carbonyl (C=O) groups excluding carboxylic acids is 1. The number of non-ortho nitro benzene ring substituents is 1. The Labute approximate surface area is 218 Å². The molecule has 4 aromatic carbocycles. The highest BCUT2D eigenvalue weighted by atomic mass is 32.2. The highest BCUT2D eigenvalue weighted by molar-refractivity contribution is 8.00. The van der Waals surface area contributed by atoms with Crippen LogP contribution in [-0.4, -0.2) is 15.9 Å². The Kier molecular flexibility index (Phi) is 8.28. The second-order valence-electron chi connectivity index (χ2n) is 7.67. The number of rotatable bonds is 8. The highest BCUT2D eigenvalue weighted by Crippen LogP contribution is 2.37. The van der Waals surface area contributed by atoms with E-state index in [-0.39, 0.29) is 11.6 Å². The molecule has 36 heavy (non-hydrogen) atoms. The number of hydrogen-bond acceptors (Lipinski definition) is 5. The van der Waals surface area contributed by atoms with Gasteiger partial charge in [0.15, 0.2) is 5.11 Å². The topological polar surface area (TPSA) is 96.3 Å². The molecule has 0 bridgehead atoms. The summed E-state index contributed by atoms with van der Waals surface area (Å²) in [6.45, 7) is 0. The number of para-hydroxylation sites is 1. The predicted molar refractivity (Wildman–Crippen MR) is 149 cm³/mol. The Morgan fingerprint density at radius 2 is 1.33 bits per heavy atom. The lowest BCUT2D eigenvalue weighted by Gasteiger charge is -2.18. The minimum absolute atomic E-state index is 0.0361. The summed E-state index contributed by atoms with van der Waals surface area (Å²) in [5.41, 5.74) is 2.95. The van der Waals surface area contributed by atoms with Crippen molar-refractivity contribution in [2.45, 2.75) is 10.1 Å². The summed E-state index contributed by atoms with van der Waals surface area (Å²) in [5.74, 6) is -0.236. The number of benzene rings is 4. The van der Waals surface area contributed by atoms with Gasteiger partial charge in [-0.2, -0.15) is 0 Å². The van der Waals surface area contributed by atoms with Crippen molar-refractivity contribution >= 4 is 57.7 Å². The number of carbonyl (C=O) groups is 1. The first-order valence-electron chi connectivity index (χ1n) is 11.0. The highest BCUT2D eigenvalue weighted by Gasteiger charge is 2.22. The van der Waals surface area contributed by atoms with Crippen molar-refractivity contribution in [3.05, 3.63) is 125 Å². The Morgan fingerprint density at radius 1 is 0.750 bits per heavy atom. The summed E-state index contributed by atoms with van der Waals surface area (Å²) >= 11 is 6.83. The second-order valence-corrected chi connectivity index (χ2v) is 9.26. The van der Waals surface area contributed by atoms with E-state index in [1.54, 1.807) is 0 Å². The lowest BCUT2D eigenvalue weighted by molar-refractivity contribution is -0.384. The number of amides is 1. The van der Waals surface area contributed by atoms with Crippen LogP contribution in [0.1, 0.15) is 10.8 Å². The lowest BCUT2D eigenvalue weighted by Crippen LogP contribution is -2.19. The van der Waals surface area contributed by atoms with Gasteiger partial charge in [-0.05, 0) is 60.2 Å². The van der Waals surface area contributed by atoms with E-state index in [9.17, 15) is 14.9 Å². The zero-order valence-electron chi connectivity index (χ0n) is 19.0. The average molecular weight is 515 g/mol. The largest absolute Gasteiger partial charge is 0.332 e. The Hall–Kier alpha value is -4.21. The van der Waals surface area contributed by atoms with Crippen molar-refractivity contribution in [3.63, 3.8) is 0 Å². The number of thiocarbonyl (C=S) groups is 1. The summed E-state index contributed by atoms with van der Waals surface area (Å²) in [4.78, 5) is 24.6. The maximum atomic E-state index is 13.3. The van der Waals surface area contributed by atoms with Gasteiger partial charge in [0.1, 0.15) is 5.25 Å². The minimum atomic E-state index is -0.550. The standard InChI is InChI=1S/C27H22N4O3S2/c32-26(28-21-14-16-23(17-15-21)31(33)34)25(19-8-3-1-4-9-19)36-24-13-7-12-22(18-24)30-27(35)29-20-10-5-2-6-11-20/h1-18,25H,(H,28,32)(H2,29,30,35). The molecule has 4 aromatic rings. The van der Waals surface area contributed by atoms with Gasteiger partial charge in [-0.15, -0.1) is 11.8 Å². The van der Waals surface area contributed by atoms with Gasteiger partial charge in [0, 0.05) is 34.1 Å². The molecule has 0 saturated carbocycles. The number of hydrogen-bond donors (Lipinski definition) is 3. The molecule has 0 aliphatic rings. The maximum absolute atomic E-state index is 13.3. The van der Waals surface area contributed by atoms with Gasteiger partial charge >= 0.3 is 0 Å². The summed E-state index contributed by atoms with van der Waals surface area (Å²) < 4.78 is 0. The molecule has 0 fully saturated rings. The van der Waals surface area contributed by atoms with Crippen molar-refractivity contribution in [1.29, 1.82) is 0 Å². The van der Waals surface area contributed by atoms with Gasteiger partial charge in [-0.3, -0.25) is 14.9 Å². The van der Waals surface area contributed by atoms with Crippen molar-refractivity contribution in [3.8, 4) is 0 Å². The Morgan fingerprint density at radius 3 is 2.00 bits per heavy atom. The first-order valence-corrected chi connectivity index (χ1v) is 12.3. The van der Waals surface area contributed by atoms with E-state index in [0.29, 0.717) is 10.8 Å². The van der Waals surface area contributed by atoms with Crippen LogP contribution in [0.3, 0.4) is 0 Å². The summed E-state index contributed by atoms with van der Waals surface area (Å²) in [5, 5.41) is 20.0. The van der Waals surface area contributed by atoms with Crippen molar-refractivity contribution in [2.24, 2.45) is 0 Å². The summed E-state index contributed by atoms with van der Waals surface area (Å²) in [7, 11) is 0. The molecule has 0 spiro atoms. The minimum Gasteiger partial charge on any atom is -0.332 e. The molecule has 3 N–H and O–H groups in total. The number of nitrogens with zero attached hydrogens (tertiary/aromatic N) is 1. The average Bonchev–Trinajstić information content (AvgIpc) is 2.89. The lowest BCUT2D eigenvalue weighted by atomic mass is 10.1. The zero-order chi connectivity index (χ0) is 25.3. The fourth-order valence-electron chi connectivity index (χ4n) is 3.37. The van der Waals surface area contributed by atoms with Crippen LogP contribution in [0.2, 0.25) is 0 Å². The van der Waals surface area contributed by atoms with Crippen LogP contribution in [-0.2, 0) is 4.79 Å². The van der Waals surface area contributed by atoms with Crippen molar-refractivity contribution in [1.82, 2.24) is 0 Å². The second kappa shape index (κ2) is 12.0. The third kappa shape index (κ3) is 6.91. The van der Waals surface area contributed by atoms with E-state index in [1.165, 1.54) is 36.0 Å². The molecule has 4 rings (SSSR count). The molecule has 0 radical (unpaired) electrons. The van der Waals surface area contributed by atoms with E-state index in [4.69, 9.17) is 12.2 Å². The van der Waals surface area contributed by atoms with Gasteiger partial charge in [-0.25, -0.2) is 0 Å². The fraction of sp³-hybridized carbons (Fsp3) is 0.0370. The smallest absolute Gasteiger partial charge is 0.269 e. The van der Waals surface area contributed by atoms with Gasteiger partial charge in [0.25, 0.3) is 5.69 Å². The van der Waals surface area contributed by atoms with E-state index in [2.05, 4.69) is 16.0 Å². The Balaban J connectivity index is 1.49. The third-order valence-electron chi connectivity index (χ3n) is 5.06. The molecule has 9 heteroatoms. The number of nitrogens with one attached hydrogen (secondary N) is 3. The molecule has 0 aliphatic carbocycles. The van der Waals surface area contributed by atoms with Gasteiger partial charge in [0.05, 0.1) is 4.92 Å². The quantitative estimate of drug-likeness (QED) is 0.102. The molecule has 7 nitrogen and oxygen atoms in total. The Bertz CT molecular complexity index is 1350. The van der Waals surface area contributed by atoms with Crippen LogP contribution in [0, 0.1) is 10.1 Å². The fourth-order valence-corrected chi connectivity index (χ4v) is 4.69. The van der Waals surface area contributed by atoms with Crippen LogP contribution >= 0.6 is 24.0 Å². The molecule has 0 saturated heterocycles. The summed E-state index contributed by atoms with van der Waals surface area (Å²) in [6, 6.07) is 32.5. The molecule has 180 valence electrons. The maximum Gasteiger partial charge on any atom is 0.269 e. The van der Waals surface area contributed by atoms with Crippen molar-refractivity contribution in [2.75, 3.05) is 16.0 Å². The van der Waals surface area contributed by atoms with E-state index in [1.807, 2.05) is 84.9 Å². The molecule has 1 amide bonds. The van der Waals surface area contributed by atoms with Crippen LogP contribution in [0.5, 0.6) is 0 Å². The SMILES string of the molecule is O=C(Nc1ccc([N+](=O)[O-])cc1)C(Sc1cccc(NC(=S)Nc2ccccc2)c1)c1ccccc1. The van der Waals surface area contributed by atoms with Crippen LogP contribution in [0.25, 0.3) is 0 Å². The van der Waals surface area contributed by atoms with Gasteiger partial charge in [-0.1, -0.05) is 54.6 Å². The third-order valence-corrected chi connectivity index (χ3v) is 6.52. The van der Waals surface area contributed by atoms with Crippen LogP contribution < -0.4 is 16.0 Å². The first kappa shape index (κ1) is 24.9. The number of thioether (sulfide) groups is 1. The molecular formula is C27H22N4O3S2. The van der Waals surface area contributed by atoms with Gasteiger partial charge < -0.3 is 16.0 Å². The van der Waals surface area contributed by atoms with E-state index in [0.717, 1.165) is 21.8 Å². The normalized spacial score (nSPS) is 11.2. The molecular weight excluding hydrogens is 492 g/mol. The molecule has 1 unspecified atom stereocenters. The number of nitro groups is 1. The predicted octanol–water partition coefficient (Wildman–Crippen LogP) is 6.88. The van der Waals surface area contributed by atoms with E-state index < -0.39 is 10.2 Å². The molecule has 0 heterocycles. The van der Waals surface area contributed by atoms with Crippen LogP contribution in [0.4, 0.5) is 22.7 Å². The zero-order valence-corrected chi connectivity index (χ0v) is 20.6. The molecule has 0 aromatic heterocycles. The van der Waals surface area contributed by atoms with E-state index >= 15 is 0 Å². The monoisotopic (exact) mass is 514 g/mol. The first-order chi connectivity index (χ1) is 17.5. The number of anilines is 3. The molecule has 0 aliphatic heterocycles. The number of nitro benzene ring substituents is 1. The summed E-state index contributed by atoms with van der Waals surface area (Å²) in [6.07, 6.45) is 0.